The lowest BCUT2D eigenvalue weighted by molar-refractivity contribution is 0.570. The molecule has 6 nitrogen and oxygen atoms in total. The van der Waals surface area contributed by atoms with Crippen molar-refractivity contribution in [2.75, 3.05) is 13.1 Å². The van der Waals surface area contributed by atoms with Crippen molar-refractivity contribution in [2.45, 2.75) is 23.6 Å². The van der Waals surface area contributed by atoms with Gasteiger partial charge in [-0.1, -0.05) is 35.4 Å². The zero-order chi connectivity index (χ0) is 17.8. The summed E-state index contributed by atoms with van der Waals surface area (Å²) in [4.78, 5) is 0.295. The molecule has 2 N–H and O–H groups in total. The van der Waals surface area contributed by atoms with Crippen molar-refractivity contribution in [1.82, 2.24) is 9.44 Å². The number of nitrogens with one attached hydrogen (secondary N) is 2. The van der Waals surface area contributed by atoms with Gasteiger partial charge in [0.25, 0.3) is 0 Å². The molecular weight excluding hydrogens is 348 g/mol. The van der Waals surface area contributed by atoms with Crippen LogP contribution < -0.4 is 9.44 Å². The monoisotopic (exact) mass is 368 g/mol. The van der Waals surface area contributed by atoms with Gasteiger partial charge < -0.3 is 0 Å². The van der Waals surface area contributed by atoms with Crippen LogP contribution in [0, 0.1) is 13.8 Å². The molecule has 0 aliphatic carbocycles. The maximum absolute atomic E-state index is 12.1. The van der Waals surface area contributed by atoms with Crippen LogP contribution in [-0.2, 0) is 20.0 Å². The molecule has 0 heterocycles. The van der Waals surface area contributed by atoms with Crippen molar-refractivity contribution in [3.05, 3.63) is 59.7 Å². The first kappa shape index (κ1) is 18.6. The minimum atomic E-state index is -3.65. The fourth-order valence-corrected chi connectivity index (χ4v) is 4.04. The van der Waals surface area contributed by atoms with Gasteiger partial charge in [-0.05, 0) is 38.1 Å². The number of rotatable bonds is 7. The molecule has 0 fully saturated rings. The van der Waals surface area contributed by atoms with Gasteiger partial charge in [-0.3, -0.25) is 0 Å². The highest BCUT2D eigenvalue weighted by Gasteiger charge is 2.15. The molecule has 2 aromatic carbocycles. The summed E-state index contributed by atoms with van der Waals surface area (Å²) in [6.07, 6.45) is 0. The molecule has 0 radical (unpaired) electrons. The van der Waals surface area contributed by atoms with Crippen LogP contribution in [-0.4, -0.2) is 29.9 Å². The summed E-state index contributed by atoms with van der Waals surface area (Å²) in [5.41, 5.74) is 1.92. The second-order valence-corrected chi connectivity index (χ2v) is 8.96. The third-order valence-electron chi connectivity index (χ3n) is 3.37. The second kappa shape index (κ2) is 7.43. The van der Waals surface area contributed by atoms with E-state index in [4.69, 9.17) is 0 Å². The van der Waals surface area contributed by atoms with Crippen LogP contribution >= 0.6 is 0 Å². The maximum atomic E-state index is 12.1. The average molecular weight is 368 g/mol. The highest BCUT2D eigenvalue weighted by molar-refractivity contribution is 7.89. The maximum Gasteiger partial charge on any atom is 0.240 e. The standard InChI is InChI=1S/C16H20N2O4S2/c1-13-3-7-15(8-4-13)23(19,20)17-11-12-18-24(21,22)16-9-5-14(2)6-10-16/h3-10,17-18H,11-12H2,1-2H3. The minimum Gasteiger partial charge on any atom is -0.210 e. The van der Waals surface area contributed by atoms with Crippen molar-refractivity contribution in [1.29, 1.82) is 0 Å². The Balaban J connectivity index is 1.92. The van der Waals surface area contributed by atoms with Crippen molar-refractivity contribution >= 4 is 20.0 Å². The number of benzene rings is 2. The Labute approximate surface area is 143 Å². The Morgan fingerprint density at radius 1 is 0.625 bits per heavy atom. The largest absolute Gasteiger partial charge is 0.240 e. The van der Waals surface area contributed by atoms with Gasteiger partial charge in [-0.15, -0.1) is 0 Å². The van der Waals surface area contributed by atoms with E-state index in [9.17, 15) is 16.8 Å². The summed E-state index contributed by atoms with van der Waals surface area (Å²) < 4.78 is 53.1. The minimum absolute atomic E-state index is 0.0404. The first-order valence-corrected chi connectivity index (χ1v) is 10.3. The van der Waals surface area contributed by atoms with E-state index in [-0.39, 0.29) is 22.9 Å². The molecular formula is C16H20N2O4S2. The molecule has 2 aromatic rings. The molecule has 8 heteroatoms. The van der Waals surface area contributed by atoms with Gasteiger partial charge in [-0.2, -0.15) is 0 Å². The summed E-state index contributed by atoms with van der Waals surface area (Å²) >= 11 is 0. The topological polar surface area (TPSA) is 92.3 Å². The number of sulfonamides is 2. The van der Waals surface area contributed by atoms with Crippen LogP contribution in [0.25, 0.3) is 0 Å². The van der Waals surface area contributed by atoms with E-state index in [0.717, 1.165) is 11.1 Å². The van der Waals surface area contributed by atoms with Gasteiger partial charge in [0.15, 0.2) is 0 Å². The second-order valence-electron chi connectivity index (χ2n) is 5.42. The van der Waals surface area contributed by atoms with E-state index < -0.39 is 20.0 Å². The zero-order valence-corrected chi connectivity index (χ0v) is 15.1. The van der Waals surface area contributed by atoms with Crippen LogP contribution in [0.1, 0.15) is 11.1 Å². The summed E-state index contributed by atoms with van der Waals surface area (Å²) in [7, 11) is -7.30. The normalized spacial score (nSPS) is 12.2. The summed E-state index contributed by atoms with van der Waals surface area (Å²) in [5, 5.41) is 0. The first-order chi connectivity index (χ1) is 11.2. The molecule has 2 rings (SSSR count). The molecule has 0 aliphatic rings. The van der Waals surface area contributed by atoms with Crippen molar-refractivity contribution < 1.29 is 16.8 Å². The lowest BCUT2D eigenvalue weighted by Crippen LogP contribution is -2.34. The average Bonchev–Trinajstić information content (AvgIpc) is 2.52. The zero-order valence-electron chi connectivity index (χ0n) is 13.5. The third kappa shape index (κ3) is 4.88. The van der Waals surface area contributed by atoms with Crippen molar-refractivity contribution in [3.8, 4) is 0 Å². The SMILES string of the molecule is Cc1ccc(S(=O)(=O)NCCNS(=O)(=O)c2ccc(C)cc2)cc1. The Kier molecular flexibility index (Phi) is 5.76. The lowest BCUT2D eigenvalue weighted by atomic mass is 10.2. The summed E-state index contributed by atoms with van der Waals surface area (Å²) in [5.74, 6) is 0. The van der Waals surface area contributed by atoms with E-state index >= 15 is 0 Å². The number of hydrogen-bond donors (Lipinski definition) is 2. The van der Waals surface area contributed by atoms with Crippen LogP contribution in [0.5, 0.6) is 0 Å². The first-order valence-electron chi connectivity index (χ1n) is 7.33. The van der Waals surface area contributed by atoms with Gasteiger partial charge in [-0.25, -0.2) is 26.3 Å². The molecule has 0 spiro atoms. The fraction of sp³-hybridized carbons (Fsp3) is 0.250. The predicted molar refractivity (Wildman–Crippen MR) is 92.7 cm³/mol. The number of hydrogen-bond acceptors (Lipinski definition) is 4. The van der Waals surface area contributed by atoms with E-state index in [1.54, 1.807) is 24.3 Å². The van der Waals surface area contributed by atoms with Crippen LogP contribution in [0.2, 0.25) is 0 Å². The molecule has 0 atom stereocenters. The quantitative estimate of drug-likeness (QED) is 0.726. The Morgan fingerprint density at radius 3 is 1.21 bits per heavy atom. The molecule has 0 saturated heterocycles. The van der Waals surface area contributed by atoms with Crippen molar-refractivity contribution in [2.24, 2.45) is 0 Å². The Morgan fingerprint density at radius 2 is 0.917 bits per heavy atom. The van der Waals surface area contributed by atoms with Crippen molar-refractivity contribution in [3.63, 3.8) is 0 Å². The fourth-order valence-electron chi connectivity index (χ4n) is 1.97. The molecule has 24 heavy (non-hydrogen) atoms. The van der Waals surface area contributed by atoms with Crippen LogP contribution in [0.3, 0.4) is 0 Å². The molecule has 0 amide bonds. The van der Waals surface area contributed by atoms with Gasteiger partial charge in [0.05, 0.1) is 9.79 Å². The summed E-state index contributed by atoms with van der Waals surface area (Å²) in [6.45, 7) is 3.65. The summed E-state index contributed by atoms with van der Waals surface area (Å²) in [6, 6.07) is 12.8. The smallest absolute Gasteiger partial charge is 0.210 e. The number of aryl methyl sites for hydroxylation is 2. The van der Waals surface area contributed by atoms with Crippen LogP contribution in [0.15, 0.2) is 58.3 Å². The molecule has 0 aliphatic heterocycles. The highest BCUT2D eigenvalue weighted by atomic mass is 32.2. The van der Waals surface area contributed by atoms with Gasteiger partial charge in [0, 0.05) is 13.1 Å². The van der Waals surface area contributed by atoms with Gasteiger partial charge in [0.1, 0.15) is 0 Å². The Bertz CT molecular complexity index is 811. The Hall–Kier alpha value is -1.74. The van der Waals surface area contributed by atoms with E-state index in [1.165, 1.54) is 24.3 Å². The molecule has 0 unspecified atom stereocenters. The molecule has 0 aromatic heterocycles. The van der Waals surface area contributed by atoms with E-state index in [2.05, 4.69) is 9.44 Å². The molecule has 130 valence electrons. The molecule has 0 bridgehead atoms. The van der Waals surface area contributed by atoms with E-state index in [1.807, 2.05) is 13.8 Å². The van der Waals surface area contributed by atoms with Gasteiger partial charge >= 0.3 is 0 Å². The highest BCUT2D eigenvalue weighted by Crippen LogP contribution is 2.10. The van der Waals surface area contributed by atoms with E-state index in [0.29, 0.717) is 0 Å². The molecule has 0 saturated carbocycles. The lowest BCUT2D eigenvalue weighted by Gasteiger charge is -2.09. The van der Waals surface area contributed by atoms with Crippen LogP contribution in [0.4, 0.5) is 0 Å². The predicted octanol–water partition coefficient (Wildman–Crippen LogP) is 1.56. The third-order valence-corrected chi connectivity index (χ3v) is 6.33. The van der Waals surface area contributed by atoms with Gasteiger partial charge in [0.2, 0.25) is 20.0 Å².